The van der Waals surface area contributed by atoms with Crippen LogP contribution in [0, 0.1) is 0 Å². The fourth-order valence-corrected chi connectivity index (χ4v) is 7.25. The van der Waals surface area contributed by atoms with Crippen molar-refractivity contribution in [1.82, 2.24) is 15.0 Å². The first-order valence-corrected chi connectivity index (χ1v) is 16.7. The summed E-state index contributed by atoms with van der Waals surface area (Å²) in [5.41, 5.74) is 9.49. The second kappa shape index (κ2) is 11.1. The maximum Gasteiger partial charge on any atom is 0.164 e. The monoisotopic (exact) mass is 627 g/mol. The third-order valence-corrected chi connectivity index (χ3v) is 9.75. The Bertz CT molecular complexity index is 2780. The number of nitrogens with zero attached hydrogens (tertiary/aromatic N) is 3. The summed E-state index contributed by atoms with van der Waals surface area (Å²) in [6, 6.07) is 48.9. The van der Waals surface area contributed by atoms with Crippen LogP contribution in [0.1, 0.15) is 17.5 Å². The number of aryl methyl sites for hydroxylation is 1. The van der Waals surface area contributed by atoms with Crippen molar-refractivity contribution in [2.24, 2.45) is 0 Å². The lowest BCUT2D eigenvalue weighted by atomic mass is 9.95. The predicted octanol–water partition coefficient (Wildman–Crippen LogP) is 11.7. The van der Waals surface area contributed by atoms with Gasteiger partial charge in [-0.05, 0) is 81.6 Å². The summed E-state index contributed by atoms with van der Waals surface area (Å²) < 4.78 is 6.64. The molecule has 4 heteroatoms. The summed E-state index contributed by atoms with van der Waals surface area (Å²) >= 11 is 0. The number of hydrogen-bond acceptors (Lipinski definition) is 4. The molecule has 9 aromatic rings. The molecule has 2 heterocycles. The van der Waals surface area contributed by atoms with Crippen LogP contribution < -0.4 is 0 Å². The standard InChI is InChI=1S/C45H29N3O/c1-2-10-28(11-3-1)33-22-23-37-39-27-40(36-16-8-9-17-38(36)42(39)49-41(37)26-33)45-47-43(34-20-18-29-12-4-6-14-31(29)24-34)46-44(48-45)35-21-19-30-13-5-7-15-32(30)25-35/h1-6,8-14,16-27H,7,15H2. The SMILES string of the molecule is C1=Cc2ccc(-c3nc(-c4ccc5ccccc5c4)nc(-c4cc5c6ccc(-c7ccccc7)cc6oc5c5ccccc45)n3)cc2CC1. The van der Waals surface area contributed by atoms with E-state index in [2.05, 4.69) is 146 Å². The largest absolute Gasteiger partial charge is 0.455 e. The fourth-order valence-electron chi connectivity index (χ4n) is 7.25. The predicted molar refractivity (Wildman–Crippen MR) is 201 cm³/mol. The Kier molecular flexibility index (Phi) is 6.28. The maximum atomic E-state index is 6.64. The van der Waals surface area contributed by atoms with Gasteiger partial charge in [-0.1, -0.05) is 121 Å². The van der Waals surface area contributed by atoms with E-state index in [1.165, 1.54) is 16.5 Å². The van der Waals surface area contributed by atoms with Crippen LogP contribution in [0.15, 0.2) is 150 Å². The van der Waals surface area contributed by atoms with E-state index in [1.54, 1.807) is 0 Å². The van der Waals surface area contributed by atoms with Crippen molar-refractivity contribution in [1.29, 1.82) is 0 Å². The highest BCUT2D eigenvalue weighted by molar-refractivity contribution is 6.19. The molecule has 1 aliphatic carbocycles. The van der Waals surface area contributed by atoms with E-state index in [9.17, 15) is 0 Å². The first-order valence-electron chi connectivity index (χ1n) is 16.7. The molecule has 1 aliphatic rings. The van der Waals surface area contributed by atoms with Crippen molar-refractivity contribution in [3.8, 4) is 45.3 Å². The van der Waals surface area contributed by atoms with Crippen LogP contribution >= 0.6 is 0 Å². The Hall–Kier alpha value is -6.39. The van der Waals surface area contributed by atoms with E-state index in [4.69, 9.17) is 19.4 Å². The van der Waals surface area contributed by atoms with E-state index in [0.717, 1.165) is 78.8 Å². The number of hydrogen-bond donors (Lipinski definition) is 0. The number of allylic oxidation sites excluding steroid dienone is 1. The van der Waals surface area contributed by atoms with E-state index in [0.29, 0.717) is 17.5 Å². The van der Waals surface area contributed by atoms with Gasteiger partial charge >= 0.3 is 0 Å². The molecule has 0 radical (unpaired) electrons. The van der Waals surface area contributed by atoms with Gasteiger partial charge in [0, 0.05) is 32.8 Å². The Labute approximate surface area is 283 Å². The van der Waals surface area contributed by atoms with Gasteiger partial charge in [-0.15, -0.1) is 0 Å². The number of benzene rings is 7. The minimum atomic E-state index is 0.638. The van der Waals surface area contributed by atoms with E-state index in [-0.39, 0.29) is 0 Å². The molecular formula is C45H29N3O. The van der Waals surface area contributed by atoms with Crippen LogP contribution in [-0.2, 0) is 6.42 Å². The third-order valence-electron chi connectivity index (χ3n) is 9.75. The zero-order chi connectivity index (χ0) is 32.3. The van der Waals surface area contributed by atoms with Gasteiger partial charge in [-0.3, -0.25) is 0 Å². The smallest absolute Gasteiger partial charge is 0.164 e. The Morgan fingerprint density at radius 1 is 0.469 bits per heavy atom. The molecule has 0 bridgehead atoms. The minimum Gasteiger partial charge on any atom is -0.455 e. The highest BCUT2D eigenvalue weighted by Gasteiger charge is 2.20. The van der Waals surface area contributed by atoms with Crippen LogP contribution in [0.3, 0.4) is 0 Å². The number of furan rings is 1. The zero-order valence-corrected chi connectivity index (χ0v) is 26.6. The molecule has 0 N–H and O–H groups in total. The van der Waals surface area contributed by atoms with Crippen LogP contribution in [0.2, 0.25) is 0 Å². The molecule has 49 heavy (non-hydrogen) atoms. The van der Waals surface area contributed by atoms with Crippen LogP contribution in [0.25, 0.3) is 94.8 Å². The molecule has 2 aromatic heterocycles. The molecule has 0 atom stereocenters. The summed E-state index contributed by atoms with van der Waals surface area (Å²) in [5, 5.41) is 6.50. The highest BCUT2D eigenvalue weighted by atomic mass is 16.3. The topological polar surface area (TPSA) is 51.8 Å². The van der Waals surface area contributed by atoms with Crippen molar-refractivity contribution in [2.45, 2.75) is 12.8 Å². The Morgan fingerprint density at radius 3 is 2.06 bits per heavy atom. The van der Waals surface area contributed by atoms with Gasteiger partial charge in [0.1, 0.15) is 11.2 Å². The summed E-state index contributed by atoms with van der Waals surface area (Å²) in [7, 11) is 0. The molecule has 0 unspecified atom stereocenters. The summed E-state index contributed by atoms with van der Waals surface area (Å²) in [4.78, 5) is 15.5. The number of rotatable bonds is 4. The van der Waals surface area contributed by atoms with Crippen LogP contribution in [0.5, 0.6) is 0 Å². The van der Waals surface area contributed by atoms with Crippen molar-refractivity contribution < 1.29 is 4.42 Å². The van der Waals surface area contributed by atoms with Crippen molar-refractivity contribution in [2.75, 3.05) is 0 Å². The van der Waals surface area contributed by atoms with Gasteiger partial charge in [-0.2, -0.15) is 0 Å². The average Bonchev–Trinajstić information content (AvgIpc) is 3.55. The zero-order valence-electron chi connectivity index (χ0n) is 26.6. The van der Waals surface area contributed by atoms with Gasteiger partial charge in [0.2, 0.25) is 0 Å². The molecule has 230 valence electrons. The second-order valence-corrected chi connectivity index (χ2v) is 12.7. The van der Waals surface area contributed by atoms with Gasteiger partial charge in [0.15, 0.2) is 17.5 Å². The van der Waals surface area contributed by atoms with Gasteiger partial charge in [0.25, 0.3) is 0 Å². The van der Waals surface area contributed by atoms with Gasteiger partial charge < -0.3 is 4.42 Å². The third kappa shape index (κ3) is 4.72. The molecule has 0 fully saturated rings. The Morgan fingerprint density at radius 2 is 1.18 bits per heavy atom. The lowest BCUT2D eigenvalue weighted by molar-refractivity contribution is 0.673. The first-order chi connectivity index (χ1) is 24.2. The summed E-state index contributed by atoms with van der Waals surface area (Å²) in [6.07, 6.45) is 6.50. The fraction of sp³-hybridized carbons (Fsp3) is 0.0444. The van der Waals surface area contributed by atoms with Gasteiger partial charge in [-0.25, -0.2) is 15.0 Å². The lowest BCUT2D eigenvalue weighted by Crippen LogP contribution is -2.02. The number of aromatic nitrogens is 3. The molecule has 0 saturated carbocycles. The first kappa shape index (κ1) is 27.7. The molecule has 10 rings (SSSR count). The number of fused-ring (bicyclic) bond motifs is 7. The van der Waals surface area contributed by atoms with Crippen molar-refractivity contribution in [3.63, 3.8) is 0 Å². The second-order valence-electron chi connectivity index (χ2n) is 12.7. The quantitative estimate of drug-likeness (QED) is 0.195. The molecule has 4 nitrogen and oxygen atoms in total. The van der Waals surface area contributed by atoms with Crippen LogP contribution in [-0.4, -0.2) is 15.0 Å². The highest BCUT2D eigenvalue weighted by Crippen LogP contribution is 2.41. The molecular weight excluding hydrogens is 599 g/mol. The normalized spacial score (nSPS) is 12.7. The van der Waals surface area contributed by atoms with E-state index in [1.807, 2.05) is 6.07 Å². The van der Waals surface area contributed by atoms with E-state index < -0.39 is 0 Å². The molecule has 0 amide bonds. The molecule has 0 aliphatic heterocycles. The summed E-state index contributed by atoms with van der Waals surface area (Å²) in [6.45, 7) is 0. The molecule has 7 aromatic carbocycles. The average molecular weight is 628 g/mol. The van der Waals surface area contributed by atoms with Crippen molar-refractivity contribution >= 4 is 49.6 Å². The van der Waals surface area contributed by atoms with Gasteiger partial charge in [0.05, 0.1) is 0 Å². The summed E-state index contributed by atoms with van der Waals surface area (Å²) in [5.74, 6) is 1.95. The maximum absolute atomic E-state index is 6.64. The van der Waals surface area contributed by atoms with E-state index >= 15 is 0 Å². The Balaban J connectivity index is 1.22. The van der Waals surface area contributed by atoms with Crippen molar-refractivity contribution in [3.05, 3.63) is 157 Å². The molecule has 0 saturated heterocycles. The molecule has 0 spiro atoms. The minimum absolute atomic E-state index is 0.638. The lowest BCUT2D eigenvalue weighted by Gasteiger charge is -2.14. The van der Waals surface area contributed by atoms with Crippen LogP contribution in [0.4, 0.5) is 0 Å².